The minimum absolute atomic E-state index is 0.132. The first-order chi connectivity index (χ1) is 18.1. The van der Waals surface area contributed by atoms with Gasteiger partial charge < -0.3 is 14.7 Å². The second-order valence-corrected chi connectivity index (χ2v) is 11.1. The number of hydrogen-bond acceptors (Lipinski definition) is 3. The van der Waals surface area contributed by atoms with E-state index in [4.69, 9.17) is 4.74 Å². The zero-order valence-corrected chi connectivity index (χ0v) is 23.0. The van der Waals surface area contributed by atoms with E-state index in [0.717, 1.165) is 40.8 Å². The van der Waals surface area contributed by atoms with Gasteiger partial charge in [0.15, 0.2) is 0 Å². The van der Waals surface area contributed by atoms with Crippen molar-refractivity contribution in [2.24, 2.45) is 0 Å². The summed E-state index contributed by atoms with van der Waals surface area (Å²) in [5.74, 6) is 0.302. The Morgan fingerprint density at radius 3 is 2.39 bits per heavy atom. The molecule has 1 N–H and O–H groups in total. The van der Waals surface area contributed by atoms with Crippen molar-refractivity contribution in [3.05, 3.63) is 100 Å². The smallest absolute Gasteiger partial charge is 0.323 e. The van der Waals surface area contributed by atoms with Crippen LogP contribution < -0.4 is 4.74 Å². The van der Waals surface area contributed by atoms with Crippen molar-refractivity contribution in [1.82, 2.24) is 4.90 Å². The SMILES string of the molecule is Cc1ccccc1CCN(CC(=O)O)C(=O)CCc1ccc2c(c1)CC(C)(Cc1ccc(C(C)C)cc1)O2. The van der Waals surface area contributed by atoms with E-state index < -0.39 is 5.97 Å². The van der Waals surface area contributed by atoms with Crippen LogP contribution in [-0.4, -0.2) is 40.6 Å². The third-order valence-electron chi connectivity index (χ3n) is 7.49. The monoisotopic (exact) mass is 513 g/mol. The van der Waals surface area contributed by atoms with Crippen molar-refractivity contribution < 1.29 is 19.4 Å². The van der Waals surface area contributed by atoms with Crippen LogP contribution in [0.5, 0.6) is 5.75 Å². The van der Waals surface area contributed by atoms with Gasteiger partial charge in [0.25, 0.3) is 0 Å². The Kier molecular flexibility index (Phi) is 8.55. The fourth-order valence-corrected chi connectivity index (χ4v) is 5.29. The molecule has 1 amide bonds. The molecule has 3 aromatic rings. The summed E-state index contributed by atoms with van der Waals surface area (Å²) in [4.78, 5) is 25.9. The van der Waals surface area contributed by atoms with Gasteiger partial charge in [0.1, 0.15) is 17.9 Å². The molecule has 0 fully saturated rings. The fourth-order valence-electron chi connectivity index (χ4n) is 5.29. The number of carbonyl (C=O) groups excluding carboxylic acids is 1. The molecular formula is C33H39NO4. The molecule has 200 valence electrons. The van der Waals surface area contributed by atoms with Crippen LogP contribution in [0.4, 0.5) is 0 Å². The summed E-state index contributed by atoms with van der Waals surface area (Å²) >= 11 is 0. The Bertz CT molecular complexity index is 1280. The highest BCUT2D eigenvalue weighted by atomic mass is 16.5. The number of aryl methyl sites for hydroxylation is 2. The number of aliphatic carboxylic acids is 1. The third kappa shape index (κ3) is 7.03. The van der Waals surface area contributed by atoms with Gasteiger partial charge in [-0.3, -0.25) is 9.59 Å². The molecule has 0 bridgehead atoms. The summed E-state index contributed by atoms with van der Waals surface area (Å²) in [6, 6.07) is 23.0. The first-order valence-corrected chi connectivity index (χ1v) is 13.6. The summed E-state index contributed by atoms with van der Waals surface area (Å²) in [6.07, 6.45) is 3.14. The molecule has 1 atom stereocenters. The average molecular weight is 514 g/mol. The predicted octanol–water partition coefficient (Wildman–Crippen LogP) is 6.14. The van der Waals surface area contributed by atoms with Crippen molar-refractivity contribution in [1.29, 1.82) is 0 Å². The number of fused-ring (bicyclic) bond motifs is 1. The summed E-state index contributed by atoms with van der Waals surface area (Å²) in [5.41, 5.74) is 6.82. The molecule has 0 spiro atoms. The summed E-state index contributed by atoms with van der Waals surface area (Å²) < 4.78 is 6.38. The van der Waals surface area contributed by atoms with E-state index in [2.05, 4.69) is 51.1 Å². The van der Waals surface area contributed by atoms with E-state index in [1.807, 2.05) is 43.3 Å². The third-order valence-corrected chi connectivity index (χ3v) is 7.49. The number of amides is 1. The van der Waals surface area contributed by atoms with Gasteiger partial charge in [0.05, 0.1) is 0 Å². The number of carbonyl (C=O) groups is 2. The number of carboxylic acids is 1. The lowest BCUT2D eigenvalue weighted by Gasteiger charge is -2.24. The predicted molar refractivity (Wildman–Crippen MR) is 151 cm³/mol. The number of benzene rings is 3. The minimum Gasteiger partial charge on any atom is -0.487 e. The van der Waals surface area contributed by atoms with E-state index in [9.17, 15) is 14.7 Å². The first-order valence-electron chi connectivity index (χ1n) is 13.6. The lowest BCUT2D eigenvalue weighted by Crippen LogP contribution is -2.37. The van der Waals surface area contributed by atoms with Crippen LogP contribution in [0, 0.1) is 6.92 Å². The van der Waals surface area contributed by atoms with E-state index in [1.165, 1.54) is 16.0 Å². The second-order valence-electron chi connectivity index (χ2n) is 11.1. The Labute approximate surface area is 226 Å². The van der Waals surface area contributed by atoms with Crippen LogP contribution in [0.1, 0.15) is 66.5 Å². The molecule has 5 nitrogen and oxygen atoms in total. The molecule has 0 radical (unpaired) electrons. The van der Waals surface area contributed by atoms with Gasteiger partial charge in [-0.05, 0) is 72.1 Å². The van der Waals surface area contributed by atoms with Crippen molar-refractivity contribution in [2.75, 3.05) is 13.1 Å². The molecule has 4 rings (SSSR count). The maximum atomic E-state index is 13.0. The van der Waals surface area contributed by atoms with Gasteiger partial charge in [-0.1, -0.05) is 74.5 Å². The first kappa shape index (κ1) is 27.4. The molecule has 38 heavy (non-hydrogen) atoms. The summed E-state index contributed by atoms with van der Waals surface area (Å²) in [6.45, 7) is 8.71. The number of nitrogens with zero attached hydrogens (tertiary/aromatic N) is 1. The van der Waals surface area contributed by atoms with Crippen molar-refractivity contribution >= 4 is 11.9 Å². The molecule has 0 saturated carbocycles. The second kappa shape index (κ2) is 11.8. The quantitative estimate of drug-likeness (QED) is 0.334. The van der Waals surface area contributed by atoms with Crippen molar-refractivity contribution in [3.8, 4) is 5.75 Å². The largest absolute Gasteiger partial charge is 0.487 e. The zero-order chi connectivity index (χ0) is 27.3. The van der Waals surface area contributed by atoms with Gasteiger partial charge in [-0.15, -0.1) is 0 Å². The minimum atomic E-state index is -0.990. The molecule has 3 aromatic carbocycles. The van der Waals surface area contributed by atoms with Gasteiger partial charge in [0, 0.05) is 25.8 Å². The maximum Gasteiger partial charge on any atom is 0.323 e. The topological polar surface area (TPSA) is 66.8 Å². The standard InChI is InChI=1S/C33H39NO4/c1-23(2)27-13-9-26(10-14-27)20-33(4)21-29-19-25(11-15-30(29)38-33)12-16-31(35)34(22-32(36)37)18-17-28-8-6-5-7-24(28)3/h5-11,13-15,19,23H,12,16-18,20-22H2,1-4H3,(H,36,37). The molecule has 1 aliphatic heterocycles. The van der Waals surface area contributed by atoms with E-state index in [1.54, 1.807) is 0 Å². The number of hydrogen-bond donors (Lipinski definition) is 1. The zero-order valence-electron chi connectivity index (χ0n) is 23.0. The van der Waals surface area contributed by atoms with Crippen LogP contribution in [0.3, 0.4) is 0 Å². The molecule has 0 aliphatic carbocycles. The molecule has 1 unspecified atom stereocenters. The Hall–Kier alpha value is -3.60. The van der Waals surface area contributed by atoms with E-state index >= 15 is 0 Å². The lowest BCUT2D eigenvalue weighted by atomic mass is 9.90. The highest BCUT2D eigenvalue weighted by Gasteiger charge is 2.35. The van der Waals surface area contributed by atoms with E-state index in [-0.39, 0.29) is 24.5 Å². The fraction of sp³-hybridized carbons (Fsp3) is 0.394. The van der Waals surface area contributed by atoms with Gasteiger partial charge in [-0.2, -0.15) is 0 Å². The Balaban J connectivity index is 1.35. The Morgan fingerprint density at radius 1 is 1.00 bits per heavy atom. The van der Waals surface area contributed by atoms with Gasteiger partial charge in [0.2, 0.25) is 5.91 Å². The van der Waals surface area contributed by atoms with Gasteiger partial charge in [-0.25, -0.2) is 0 Å². The van der Waals surface area contributed by atoms with Crippen molar-refractivity contribution in [3.63, 3.8) is 0 Å². The summed E-state index contributed by atoms with van der Waals surface area (Å²) in [7, 11) is 0. The average Bonchev–Trinajstić information content (AvgIpc) is 3.20. The van der Waals surface area contributed by atoms with Crippen LogP contribution in [0.2, 0.25) is 0 Å². The number of ether oxygens (including phenoxy) is 1. The molecule has 1 aliphatic rings. The maximum absolute atomic E-state index is 13.0. The summed E-state index contributed by atoms with van der Waals surface area (Å²) in [5, 5.41) is 9.36. The van der Waals surface area contributed by atoms with E-state index in [0.29, 0.717) is 25.3 Å². The molecular weight excluding hydrogens is 474 g/mol. The Morgan fingerprint density at radius 2 is 1.71 bits per heavy atom. The highest BCUT2D eigenvalue weighted by Crippen LogP contribution is 2.37. The molecule has 0 aromatic heterocycles. The lowest BCUT2D eigenvalue weighted by molar-refractivity contribution is -0.144. The molecule has 1 heterocycles. The van der Waals surface area contributed by atoms with Crippen LogP contribution in [0.15, 0.2) is 66.7 Å². The van der Waals surface area contributed by atoms with Crippen LogP contribution in [-0.2, 0) is 35.3 Å². The van der Waals surface area contributed by atoms with Gasteiger partial charge >= 0.3 is 5.97 Å². The number of rotatable bonds is 11. The normalized spacial score (nSPS) is 16.2. The molecule has 5 heteroatoms. The van der Waals surface area contributed by atoms with Crippen LogP contribution in [0.25, 0.3) is 0 Å². The number of carboxylic acid groups (broad SMARTS) is 1. The van der Waals surface area contributed by atoms with Crippen LogP contribution >= 0.6 is 0 Å². The van der Waals surface area contributed by atoms with Crippen molar-refractivity contribution in [2.45, 2.75) is 71.3 Å². The highest BCUT2D eigenvalue weighted by molar-refractivity contribution is 5.81. The molecule has 0 saturated heterocycles.